The lowest BCUT2D eigenvalue weighted by molar-refractivity contribution is -0.0128. The molecule has 4 saturated carbocycles. The SMILES string of the molecule is CC(N=C(N=C(N)C12CC3CC(CC(C3)C1)C2)c1ccccc1)c1cccc(-n2c3ccccc3c3c4c(c5ccccc5n4-c4ccccc4)c4c(c5ccccc5n4C4=CC=CCC4)c32)c1. The third kappa shape index (κ3) is 5.95. The van der Waals surface area contributed by atoms with Gasteiger partial charge in [0.05, 0.1) is 39.1 Å². The number of amidine groups is 2. The summed E-state index contributed by atoms with van der Waals surface area (Å²) in [6.07, 6.45) is 16.5. The van der Waals surface area contributed by atoms with Crippen LogP contribution in [0.3, 0.4) is 0 Å². The van der Waals surface area contributed by atoms with Gasteiger partial charge in [-0.25, -0.2) is 4.99 Å². The van der Waals surface area contributed by atoms with Gasteiger partial charge in [-0.2, -0.15) is 0 Å². The largest absolute Gasteiger partial charge is 0.387 e. The summed E-state index contributed by atoms with van der Waals surface area (Å²) in [5.74, 6) is 3.88. The smallest absolute Gasteiger partial charge is 0.157 e. The quantitative estimate of drug-likeness (QED) is 0.126. The maximum absolute atomic E-state index is 7.22. The molecular weight excluding hydrogens is 829 g/mol. The van der Waals surface area contributed by atoms with Gasteiger partial charge in [-0.05, 0) is 130 Å². The highest BCUT2D eigenvalue weighted by molar-refractivity contribution is 6.40. The van der Waals surface area contributed by atoms with Crippen molar-refractivity contribution in [3.63, 3.8) is 0 Å². The normalized spacial score (nSPS) is 22.1. The van der Waals surface area contributed by atoms with Crippen LogP contribution in [0.5, 0.6) is 0 Å². The van der Waals surface area contributed by atoms with Gasteiger partial charge in [0.1, 0.15) is 5.84 Å². The van der Waals surface area contributed by atoms with Gasteiger partial charge in [0.2, 0.25) is 0 Å². The van der Waals surface area contributed by atoms with Crippen LogP contribution in [0.4, 0.5) is 0 Å². The van der Waals surface area contributed by atoms with Gasteiger partial charge in [0.15, 0.2) is 5.84 Å². The highest BCUT2D eigenvalue weighted by Crippen LogP contribution is 2.60. The van der Waals surface area contributed by atoms with Crippen molar-refractivity contribution >= 4 is 82.8 Å². The van der Waals surface area contributed by atoms with Crippen molar-refractivity contribution < 1.29 is 0 Å². The van der Waals surface area contributed by atoms with Crippen molar-refractivity contribution in [2.75, 3.05) is 0 Å². The Kier molecular flexibility index (Phi) is 8.93. The molecule has 6 nitrogen and oxygen atoms in total. The molecule has 3 aromatic heterocycles. The molecule has 2 N–H and O–H groups in total. The zero-order valence-electron chi connectivity index (χ0n) is 38.5. The summed E-state index contributed by atoms with van der Waals surface area (Å²) in [5, 5.41) is 7.52. The Bertz CT molecular complexity index is 3760. The highest BCUT2D eigenvalue weighted by atomic mass is 15.1. The van der Waals surface area contributed by atoms with Crippen molar-refractivity contribution in [2.24, 2.45) is 38.9 Å². The van der Waals surface area contributed by atoms with E-state index >= 15 is 0 Å². The minimum Gasteiger partial charge on any atom is -0.387 e. The number of nitrogens with zero attached hydrogens (tertiary/aromatic N) is 5. The van der Waals surface area contributed by atoms with E-state index in [0.29, 0.717) is 0 Å². The molecule has 6 heteroatoms. The number of benzene rings is 7. The maximum Gasteiger partial charge on any atom is 0.157 e. The van der Waals surface area contributed by atoms with E-state index in [1.807, 2.05) is 0 Å². The van der Waals surface area contributed by atoms with Gasteiger partial charge in [-0.1, -0.05) is 127 Å². The maximum atomic E-state index is 7.22. The van der Waals surface area contributed by atoms with Crippen LogP contribution >= 0.6 is 0 Å². The number of hydrogen-bond acceptors (Lipinski definition) is 1. The molecule has 0 aliphatic heterocycles. The predicted molar refractivity (Wildman–Crippen MR) is 284 cm³/mol. The van der Waals surface area contributed by atoms with E-state index in [4.69, 9.17) is 15.7 Å². The van der Waals surface area contributed by atoms with Crippen LogP contribution < -0.4 is 5.73 Å². The minimum atomic E-state index is -0.188. The summed E-state index contributed by atoms with van der Waals surface area (Å²) in [5.41, 5.74) is 20.2. The van der Waals surface area contributed by atoms with E-state index in [-0.39, 0.29) is 11.5 Å². The molecular formula is C62H54N6. The molecule has 0 amide bonds. The topological polar surface area (TPSA) is 65.5 Å². The first-order valence-electron chi connectivity index (χ1n) is 24.9. The van der Waals surface area contributed by atoms with Gasteiger partial charge in [0, 0.05) is 60.4 Å². The van der Waals surface area contributed by atoms with E-state index in [1.54, 1.807) is 0 Å². The molecule has 4 fully saturated rings. The molecule has 4 bridgehead atoms. The van der Waals surface area contributed by atoms with E-state index < -0.39 is 0 Å². The lowest BCUT2D eigenvalue weighted by atomic mass is 9.49. The average Bonchev–Trinajstić information content (AvgIpc) is 4.03. The molecule has 5 aliphatic rings. The number of aromatic nitrogens is 3. The Morgan fingerprint density at radius 3 is 1.65 bits per heavy atom. The van der Waals surface area contributed by atoms with Gasteiger partial charge in [-0.15, -0.1) is 0 Å². The van der Waals surface area contributed by atoms with Gasteiger partial charge >= 0.3 is 0 Å². The van der Waals surface area contributed by atoms with E-state index in [0.717, 1.165) is 64.8 Å². The number of hydrogen-bond donors (Lipinski definition) is 1. The second kappa shape index (κ2) is 15.3. The zero-order valence-corrected chi connectivity index (χ0v) is 38.5. The van der Waals surface area contributed by atoms with Crippen LogP contribution in [0, 0.1) is 23.2 Å². The molecule has 5 aliphatic carbocycles. The summed E-state index contributed by atoms with van der Waals surface area (Å²) in [6.45, 7) is 2.21. The molecule has 3 heterocycles. The summed E-state index contributed by atoms with van der Waals surface area (Å²) in [7, 11) is 0. The van der Waals surface area contributed by atoms with Crippen LogP contribution in [0.2, 0.25) is 0 Å². The fourth-order valence-electron chi connectivity index (χ4n) is 13.9. The first kappa shape index (κ1) is 39.7. The van der Waals surface area contributed by atoms with Crippen LogP contribution in [0.1, 0.15) is 75.5 Å². The predicted octanol–water partition coefficient (Wildman–Crippen LogP) is 15.3. The van der Waals surface area contributed by atoms with Crippen LogP contribution in [-0.4, -0.2) is 25.4 Å². The molecule has 0 radical (unpaired) electrons. The van der Waals surface area contributed by atoms with Crippen LogP contribution in [0.25, 0.3) is 82.5 Å². The molecule has 0 saturated heterocycles. The Hall–Kier alpha value is -7.44. The molecule has 10 aromatic rings. The molecule has 0 spiro atoms. The van der Waals surface area contributed by atoms with Crippen molar-refractivity contribution in [1.82, 2.24) is 13.7 Å². The standard InChI is InChI=1S/C62H54N6/c1-39(64-60(43-18-5-2-6-19-43)65-61(63)62-36-40-32-41(37-62)34-42(33-40)38-62)44-20-17-25-47(35-44)68-53-31-16-13-28-50(53)56-58-54(48-26-11-14-29-51(48)66(58)45-21-7-3-8-22-45)57-55(59(56)68)49-27-12-15-30-52(49)67(57)46-23-9-4-10-24-46/h2-9,11-23,25-31,35,39-42H,10,24,32-34,36-38H2,1H3,(H2,63,64,65). The Morgan fingerprint density at radius 2 is 1.07 bits per heavy atom. The molecule has 15 rings (SSSR count). The lowest BCUT2D eigenvalue weighted by Gasteiger charge is -2.56. The number of fused-ring (bicyclic) bond motifs is 12. The molecule has 1 unspecified atom stereocenters. The number of aliphatic imine (C=N–C) groups is 2. The van der Waals surface area contributed by atoms with E-state index in [9.17, 15) is 0 Å². The van der Waals surface area contributed by atoms with E-state index in [1.165, 1.54) is 110 Å². The van der Waals surface area contributed by atoms with Gasteiger partial charge in [-0.3, -0.25) is 4.99 Å². The third-order valence-electron chi connectivity index (χ3n) is 16.4. The van der Waals surface area contributed by atoms with Crippen molar-refractivity contribution in [3.8, 4) is 11.4 Å². The monoisotopic (exact) mass is 882 g/mol. The van der Waals surface area contributed by atoms with Crippen molar-refractivity contribution in [2.45, 2.75) is 64.3 Å². The Labute approximate surface area is 396 Å². The second-order valence-corrected chi connectivity index (χ2v) is 20.5. The number of allylic oxidation sites excluding steroid dienone is 4. The number of nitrogens with two attached hydrogens (primary N) is 1. The molecule has 7 aromatic carbocycles. The zero-order chi connectivity index (χ0) is 45.1. The fraction of sp³-hybridized carbons (Fsp3) is 0.226. The lowest BCUT2D eigenvalue weighted by Crippen LogP contribution is -2.52. The summed E-state index contributed by atoms with van der Waals surface area (Å²) in [4.78, 5) is 10.9. The minimum absolute atomic E-state index is 0.000304. The Balaban J connectivity index is 1.04. The highest BCUT2D eigenvalue weighted by Gasteiger charge is 2.53. The van der Waals surface area contributed by atoms with E-state index in [2.05, 4.69) is 197 Å². The average molecular weight is 883 g/mol. The van der Waals surface area contributed by atoms with Gasteiger partial charge in [0.25, 0.3) is 0 Å². The Morgan fingerprint density at radius 1 is 0.574 bits per heavy atom. The molecule has 332 valence electrons. The third-order valence-corrected chi connectivity index (χ3v) is 16.4. The molecule has 1 atom stereocenters. The summed E-state index contributed by atoms with van der Waals surface area (Å²) < 4.78 is 7.66. The number of para-hydroxylation sites is 4. The first-order valence-corrected chi connectivity index (χ1v) is 24.9. The van der Waals surface area contributed by atoms with Crippen LogP contribution in [-0.2, 0) is 0 Å². The first-order chi connectivity index (χ1) is 33.5. The second-order valence-electron chi connectivity index (χ2n) is 20.5. The summed E-state index contributed by atoms with van der Waals surface area (Å²) in [6, 6.07) is 57.4. The summed E-state index contributed by atoms with van der Waals surface area (Å²) >= 11 is 0. The fourth-order valence-corrected chi connectivity index (χ4v) is 13.9. The van der Waals surface area contributed by atoms with Crippen molar-refractivity contribution in [1.29, 1.82) is 0 Å². The number of rotatable bonds is 7. The molecule has 68 heavy (non-hydrogen) atoms. The van der Waals surface area contributed by atoms with Gasteiger partial charge < -0.3 is 19.4 Å². The van der Waals surface area contributed by atoms with Crippen LogP contribution in [0.15, 0.2) is 186 Å². The van der Waals surface area contributed by atoms with Crippen molar-refractivity contribution in [3.05, 3.63) is 187 Å².